The molecule has 0 unspecified atom stereocenters. The van der Waals surface area contributed by atoms with E-state index in [1.165, 1.54) is 23.3 Å². The molecule has 0 aromatic heterocycles. The van der Waals surface area contributed by atoms with Crippen LogP contribution in [-0.2, 0) is 6.42 Å². The van der Waals surface area contributed by atoms with E-state index in [9.17, 15) is 0 Å². The Hall–Kier alpha value is -0.470. The van der Waals surface area contributed by atoms with Crippen molar-refractivity contribution in [1.29, 1.82) is 0 Å². The number of aryl methyl sites for hydroxylation is 1. The first-order chi connectivity index (χ1) is 7.28. The number of hydrogen-bond donors (Lipinski definition) is 1. The molecule has 0 saturated heterocycles. The molecule has 1 saturated carbocycles. The summed E-state index contributed by atoms with van der Waals surface area (Å²) in [4.78, 5) is 1.42. The SMILES string of the molecule is CCc1ccc(SC2(CNC)CC2)cc1. The number of nitrogens with one attached hydrogen (secondary N) is 1. The minimum atomic E-state index is 0.502. The van der Waals surface area contributed by atoms with Gasteiger partial charge in [-0.2, -0.15) is 0 Å². The zero-order valence-corrected chi connectivity index (χ0v) is 10.4. The standard InChI is InChI=1S/C13H19NS/c1-3-11-4-6-12(7-5-11)15-13(8-9-13)10-14-2/h4-7,14H,3,8-10H2,1-2H3. The third kappa shape index (κ3) is 2.76. The molecule has 0 spiro atoms. The molecule has 0 atom stereocenters. The van der Waals surface area contributed by atoms with E-state index in [2.05, 4.69) is 36.5 Å². The van der Waals surface area contributed by atoms with Crippen LogP contribution < -0.4 is 5.32 Å². The Labute approximate surface area is 96.7 Å². The van der Waals surface area contributed by atoms with Crippen molar-refractivity contribution in [2.75, 3.05) is 13.6 Å². The van der Waals surface area contributed by atoms with E-state index in [0.29, 0.717) is 4.75 Å². The highest BCUT2D eigenvalue weighted by Crippen LogP contribution is 2.51. The molecule has 1 N–H and O–H groups in total. The Morgan fingerprint density at radius 1 is 1.27 bits per heavy atom. The van der Waals surface area contributed by atoms with Crippen LogP contribution in [0.2, 0.25) is 0 Å². The van der Waals surface area contributed by atoms with E-state index in [4.69, 9.17) is 0 Å². The van der Waals surface area contributed by atoms with Crippen LogP contribution in [0.5, 0.6) is 0 Å². The molecule has 82 valence electrons. The van der Waals surface area contributed by atoms with Gasteiger partial charge in [0.15, 0.2) is 0 Å². The molecular formula is C13H19NS. The summed E-state index contributed by atoms with van der Waals surface area (Å²) in [6, 6.07) is 9.02. The van der Waals surface area contributed by atoms with Crippen molar-refractivity contribution in [3.63, 3.8) is 0 Å². The molecule has 15 heavy (non-hydrogen) atoms. The predicted octanol–water partition coefficient (Wildman–Crippen LogP) is 3.09. The lowest BCUT2D eigenvalue weighted by molar-refractivity contribution is 0.752. The van der Waals surface area contributed by atoms with Gasteiger partial charge in [-0.15, -0.1) is 11.8 Å². The van der Waals surface area contributed by atoms with Crippen LogP contribution in [-0.4, -0.2) is 18.3 Å². The fraction of sp³-hybridized carbons (Fsp3) is 0.538. The van der Waals surface area contributed by atoms with Gasteiger partial charge in [0.25, 0.3) is 0 Å². The third-order valence-corrected chi connectivity index (χ3v) is 4.47. The van der Waals surface area contributed by atoms with Crippen LogP contribution in [0, 0.1) is 0 Å². The first-order valence-electron chi connectivity index (χ1n) is 5.70. The molecule has 1 nitrogen and oxygen atoms in total. The molecule has 0 bridgehead atoms. The lowest BCUT2D eigenvalue weighted by Crippen LogP contribution is -2.22. The molecule has 2 rings (SSSR count). The maximum atomic E-state index is 3.29. The summed E-state index contributed by atoms with van der Waals surface area (Å²) in [5.41, 5.74) is 1.43. The molecular weight excluding hydrogens is 202 g/mol. The molecule has 1 aliphatic carbocycles. The summed E-state index contributed by atoms with van der Waals surface area (Å²) in [5, 5.41) is 3.29. The summed E-state index contributed by atoms with van der Waals surface area (Å²) in [5.74, 6) is 0. The monoisotopic (exact) mass is 221 g/mol. The van der Waals surface area contributed by atoms with Crippen molar-refractivity contribution in [3.8, 4) is 0 Å². The molecule has 0 aliphatic heterocycles. The van der Waals surface area contributed by atoms with Gasteiger partial charge < -0.3 is 5.32 Å². The maximum Gasteiger partial charge on any atom is 0.0332 e. The Balaban J connectivity index is 1.98. The topological polar surface area (TPSA) is 12.0 Å². The summed E-state index contributed by atoms with van der Waals surface area (Å²) in [6.07, 6.45) is 3.84. The summed E-state index contributed by atoms with van der Waals surface area (Å²) >= 11 is 2.04. The fourth-order valence-electron chi connectivity index (χ4n) is 1.82. The van der Waals surface area contributed by atoms with Gasteiger partial charge in [0.2, 0.25) is 0 Å². The van der Waals surface area contributed by atoms with Crippen molar-refractivity contribution < 1.29 is 0 Å². The van der Waals surface area contributed by atoms with E-state index in [-0.39, 0.29) is 0 Å². The van der Waals surface area contributed by atoms with Gasteiger partial charge in [0.05, 0.1) is 0 Å². The predicted molar refractivity (Wildman–Crippen MR) is 67.6 cm³/mol. The van der Waals surface area contributed by atoms with Crippen molar-refractivity contribution in [1.82, 2.24) is 5.32 Å². The molecule has 0 radical (unpaired) electrons. The van der Waals surface area contributed by atoms with Crippen LogP contribution in [0.3, 0.4) is 0 Å². The molecule has 1 aromatic rings. The molecule has 0 heterocycles. The first-order valence-corrected chi connectivity index (χ1v) is 6.52. The van der Waals surface area contributed by atoms with Crippen molar-refractivity contribution in [2.24, 2.45) is 0 Å². The van der Waals surface area contributed by atoms with Crippen LogP contribution in [0.1, 0.15) is 25.3 Å². The molecule has 0 amide bonds. The minimum Gasteiger partial charge on any atom is -0.318 e. The Morgan fingerprint density at radius 2 is 1.93 bits per heavy atom. The second-order valence-corrected chi connectivity index (χ2v) is 5.85. The van der Waals surface area contributed by atoms with E-state index in [0.717, 1.165) is 13.0 Å². The van der Waals surface area contributed by atoms with Gasteiger partial charge >= 0.3 is 0 Å². The highest BCUT2D eigenvalue weighted by molar-refractivity contribution is 8.01. The second-order valence-electron chi connectivity index (χ2n) is 4.31. The zero-order valence-electron chi connectivity index (χ0n) is 9.55. The van der Waals surface area contributed by atoms with Gasteiger partial charge in [-0.05, 0) is 44.0 Å². The number of rotatable bonds is 5. The van der Waals surface area contributed by atoms with Crippen molar-refractivity contribution >= 4 is 11.8 Å². The normalized spacial score (nSPS) is 17.7. The van der Waals surface area contributed by atoms with Crippen LogP contribution >= 0.6 is 11.8 Å². The lowest BCUT2D eigenvalue weighted by Gasteiger charge is -2.14. The number of hydrogen-bond acceptors (Lipinski definition) is 2. The average molecular weight is 221 g/mol. The van der Waals surface area contributed by atoms with Crippen LogP contribution in [0.15, 0.2) is 29.2 Å². The maximum absolute atomic E-state index is 3.29. The molecule has 2 heteroatoms. The van der Waals surface area contributed by atoms with Gasteiger partial charge in [-0.3, -0.25) is 0 Å². The molecule has 1 aliphatic rings. The second kappa shape index (κ2) is 4.58. The van der Waals surface area contributed by atoms with Gasteiger partial charge in [-0.1, -0.05) is 19.1 Å². The largest absolute Gasteiger partial charge is 0.318 e. The Kier molecular flexibility index (Phi) is 3.37. The summed E-state index contributed by atoms with van der Waals surface area (Å²) in [7, 11) is 2.04. The minimum absolute atomic E-state index is 0.502. The van der Waals surface area contributed by atoms with E-state index in [1.54, 1.807) is 0 Å². The average Bonchev–Trinajstić information content (AvgIpc) is 3.00. The number of thioether (sulfide) groups is 1. The van der Waals surface area contributed by atoms with Crippen molar-refractivity contribution in [3.05, 3.63) is 29.8 Å². The highest BCUT2D eigenvalue weighted by atomic mass is 32.2. The third-order valence-electron chi connectivity index (χ3n) is 2.97. The van der Waals surface area contributed by atoms with Gasteiger partial charge in [0, 0.05) is 16.2 Å². The van der Waals surface area contributed by atoms with E-state index in [1.807, 2.05) is 18.8 Å². The van der Waals surface area contributed by atoms with Crippen LogP contribution in [0.25, 0.3) is 0 Å². The summed E-state index contributed by atoms with van der Waals surface area (Å²) in [6.45, 7) is 3.33. The number of benzene rings is 1. The Morgan fingerprint density at radius 3 is 2.40 bits per heavy atom. The molecule has 1 fully saturated rings. The highest BCUT2D eigenvalue weighted by Gasteiger charge is 2.42. The van der Waals surface area contributed by atoms with E-state index < -0.39 is 0 Å². The quantitative estimate of drug-likeness (QED) is 0.820. The van der Waals surface area contributed by atoms with Crippen LogP contribution in [0.4, 0.5) is 0 Å². The van der Waals surface area contributed by atoms with Crippen molar-refractivity contribution in [2.45, 2.75) is 35.8 Å². The summed E-state index contributed by atoms with van der Waals surface area (Å²) < 4.78 is 0.502. The smallest absolute Gasteiger partial charge is 0.0332 e. The first kappa shape index (κ1) is 11.0. The zero-order chi connectivity index (χ0) is 10.7. The lowest BCUT2D eigenvalue weighted by atomic mass is 10.2. The fourth-order valence-corrected chi connectivity index (χ4v) is 3.11. The van der Waals surface area contributed by atoms with Gasteiger partial charge in [0.1, 0.15) is 0 Å². The van der Waals surface area contributed by atoms with E-state index >= 15 is 0 Å². The molecule has 1 aromatic carbocycles. The van der Waals surface area contributed by atoms with Gasteiger partial charge in [-0.25, -0.2) is 0 Å². The Bertz CT molecular complexity index is 314.